The third-order valence-corrected chi connectivity index (χ3v) is 2.57. The average molecular weight is 243 g/mol. The molecule has 0 amide bonds. The monoisotopic (exact) mass is 243 g/mol. The normalized spacial score (nSPS) is 9.94. The molecule has 1 heterocycles. The molecule has 3 N–H and O–H groups in total. The average Bonchev–Trinajstić information content (AvgIpc) is 2.33. The molecule has 0 aliphatic rings. The first-order valence-corrected chi connectivity index (χ1v) is 5.65. The Kier molecular flexibility index (Phi) is 3.35. The number of pyridine rings is 1. The summed E-state index contributed by atoms with van der Waals surface area (Å²) in [5.41, 5.74) is 9.29. The fourth-order valence-electron chi connectivity index (χ4n) is 1.42. The van der Waals surface area contributed by atoms with Crippen LogP contribution in [-0.2, 0) is 0 Å². The number of nitrogens with zero attached hydrogens (tertiary/aromatic N) is 1. The first kappa shape index (κ1) is 11.5. The first-order valence-electron chi connectivity index (χ1n) is 5.25. The lowest BCUT2D eigenvalue weighted by molar-refractivity contribution is 1.29. The molecule has 86 valence electrons. The number of hydrogen-bond acceptors (Lipinski definition) is 3. The van der Waals surface area contributed by atoms with E-state index in [1.54, 1.807) is 12.3 Å². The van der Waals surface area contributed by atoms with Gasteiger partial charge in [-0.3, -0.25) is 4.98 Å². The van der Waals surface area contributed by atoms with Gasteiger partial charge in [0.15, 0.2) is 0 Å². The summed E-state index contributed by atoms with van der Waals surface area (Å²) < 4.78 is 0. The molecule has 0 atom stereocenters. The number of benzene rings is 1. The molecule has 0 bridgehead atoms. The van der Waals surface area contributed by atoms with E-state index < -0.39 is 0 Å². The van der Waals surface area contributed by atoms with Crippen molar-refractivity contribution in [2.24, 2.45) is 5.73 Å². The molecular weight excluding hydrogens is 230 g/mol. The zero-order valence-corrected chi connectivity index (χ0v) is 10.3. The van der Waals surface area contributed by atoms with Gasteiger partial charge in [-0.15, -0.1) is 0 Å². The van der Waals surface area contributed by atoms with Gasteiger partial charge in [0.05, 0.1) is 17.6 Å². The number of aryl methyl sites for hydroxylation is 1. The van der Waals surface area contributed by atoms with Crippen molar-refractivity contribution in [3.8, 4) is 0 Å². The quantitative estimate of drug-likeness (QED) is 0.814. The van der Waals surface area contributed by atoms with Crippen LogP contribution in [0.2, 0.25) is 0 Å². The highest BCUT2D eigenvalue weighted by atomic mass is 32.1. The van der Waals surface area contributed by atoms with Crippen LogP contribution in [0, 0.1) is 6.92 Å². The van der Waals surface area contributed by atoms with Gasteiger partial charge in [-0.2, -0.15) is 0 Å². The van der Waals surface area contributed by atoms with E-state index in [2.05, 4.69) is 29.4 Å². The molecule has 3 nitrogen and oxygen atoms in total. The van der Waals surface area contributed by atoms with Crippen LogP contribution >= 0.6 is 12.2 Å². The van der Waals surface area contributed by atoms with Gasteiger partial charge in [-0.25, -0.2) is 0 Å². The number of nitrogens with one attached hydrogen (secondary N) is 1. The van der Waals surface area contributed by atoms with Crippen molar-refractivity contribution in [2.45, 2.75) is 6.92 Å². The fraction of sp³-hybridized carbons (Fsp3) is 0.0769. The highest BCUT2D eigenvalue weighted by molar-refractivity contribution is 7.80. The Labute approximate surface area is 106 Å². The second-order valence-electron chi connectivity index (χ2n) is 3.79. The molecule has 0 fully saturated rings. The van der Waals surface area contributed by atoms with E-state index >= 15 is 0 Å². The van der Waals surface area contributed by atoms with Crippen LogP contribution in [0.15, 0.2) is 42.6 Å². The SMILES string of the molecule is Cc1ccc(Nc2ccc(C(N)=S)nc2)cc1. The summed E-state index contributed by atoms with van der Waals surface area (Å²) in [6.45, 7) is 2.06. The summed E-state index contributed by atoms with van der Waals surface area (Å²) in [4.78, 5) is 4.48. The number of aromatic nitrogens is 1. The number of rotatable bonds is 3. The van der Waals surface area contributed by atoms with Gasteiger partial charge in [-0.1, -0.05) is 29.9 Å². The lowest BCUT2D eigenvalue weighted by Crippen LogP contribution is -2.11. The summed E-state index contributed by atoms with van der Waals surface area (Å²) in [6.07, 6.45) is 1.72. The Balaban J connectivity index is 2.13. The zero-order valence-electron chi connectivity index (χ0n) is 9.47. The first-order chi connectivity index (χ1) is 8.15. The Morgan fingerprint density at radius 1 is 1.12 bits per heavy atom. The number of thiocarbonyl (C=S) groups is 1. The van der Waals surface area contributed by atoms with Crippen LogP contribution in [0.4, 0.5) is 11.4 Å². The predicted octanol–water partition coefficient (Wildman–Crippen LogP) is 2.77. The van der Waals surface area contributed by atoms with Crippen molar-refractivity contribution in [1.82, 2.24) is 4.98 Å². The summed E-state index contributed by atoms with van der Waals surface area (Å²) in [5.74, 6) is 0. The van der Waals surface area contributed by atoms with Crippen molar-refractivity contribution in [3.63, 3.8) is 0 Å². The van der Waals surface area contributed by atoms with E-state index in [-0.39, 0.29) is 0 Å². The standard InChI is InChI=1S/C13H13N3S/c1-9-2-4-10(5-3-9)16-11-6-7-12(13(14)17)15-8-11/h2-8,16H,1H3,(H2,14,17). The Bertz CT molecular complexity index is 517. The smallest absolute Gasteiger partial charge is 0.122 e. The van der Waals surface area contributed by atoms with Crippen LogP contribution in [0.25, 0.3) is 0 Å². The summed E-state index contributed by atoms with van der Waals surface area (Å²) >= 11 is 4.84. The highest BCUT2D eigenvalue weighted by Gasteiger charge is 1.98. The number of nitrogens with two attached hydrogens (primary N) is 1. The van der Waals surface area contributed by atoms with Gasteiger partial charge in [0.25, 0.3) is 0 Å². The highest BCUT2D eigenvalue weighted by Crippen LogP contribution is 2.16. The molecule has 0 unspecified atom stereocenters. The van der Waals surface area contributed by atoms with Crippen LogP contribution in [0.1, 0.15) is 11.3 Å². The van der Waals surface area contributed by atoms with Crippen molar-refractivity contribution < 1.29 is 0 Å². The summed E-state index contributed by atoms with van der Waals surface area (Å²) in [7, 11) is 0. The van der Waals surface area contributed by atoms with Gasteiger partial charge in [0.1, 0.15) is 4.99 Å². The van der Waals surface area contributed by atoms with Gasteiger partial charge >= 0.3 is 0 Å². The van der Waals surface area contributed by atoms with Gasteiger partial charge in [0.2, 0.25) is 0 Å². The predicted molar refractivity (Wildman–Crippen MR) is 74.6 cm³/mol. The van der Waals surface area contributed by atoms with Crippen LogP contribution in [0.5, 0.6) is 0 Å². The molecule has 0 aliphatic heterocycles. The maximum atomic E-state index is 5.48. The minimum atomic E-state index is 0.312. The van der Waals surface area contributed by atoms with Crippen LogP contribution < -0.4 is 11.1 Å². The van der Waals surface area contributed by atoms with Crippen molar-refractivity contribution in [3.05, 3.63) is 53.9 Å². The minimum Gasteiger partial charge on any atom is -0.388 e. The molecule has 2 rings (SSSR count). The lowest BCUT2D eigenvalue weighted by atomic mass is 10.2. The molecular formula is C13H13N3S. The number of anilines is 2. The summed E-state index contributed by atoms with van der Waals surface area (Å²) in [5, 5.41) is 3.25. The van der Waals surface area contributed by atoms with Gasteiger partial charge in [0, 0.05) is 5.69 Å². The molecule has 0 aliphatic carbocycles. The molecule has 4 heteroatoms. The van der Waals surface area contributed by atoms with E-state index in [9.17, 15) is 0 Å². The third kappa shape index (κ3) is 3.01. The van der Waals surface area contributed by atoms with Crippen molar-refractivity contribution in [1.29, 1.82) is 0 Å². The zero-order chi connectivity index (χ0) is 12.3. The summed E-state index contributed by atoms with van der Waals surface area (Å²) in [6, 6.07) is 11.9. The molecule has 1 aromatic heterocycles. The number of hydrogen-bond donors (Lipinski definition) is 2. The Morgan fingerprint density at radius 3 is 2.29 bits per heavy atom. The van der Waals surface area contributed by atoms with E-state index in [1.165, 1.54) is 5.56 Å². The van der Waals surface area contributed by atoms with Crippen LogP contribution in [-0.4, -0.2) is 9.97 Å². The topological polar surface area (TPSA) is 50.9 Å². The Morgan fingerprint density at radius 2 is 1.76 bits per heavy atom. The second kappa shape index (κ2) is 4.93. The molecule has 0 saturated carbocycles. The molecule has 0 saturated heterocycles. The van der Waals surface area contributed by atoms with E-state index in [4.69, 9.17) is 18.0 Å². The lowest BCUT2D eigenvalue weighted by Gasteiger charge is -2.06. The van der Waals surface area contributed by atoms with E-state index in [1.807, 2.05) is 18.2 Å². The van der Waals surface area contributed by atoms with E-state index in [0.717, 1.165) is 11.4 Å². The second-order valence-corrected chi connectivity index (χ2v) is 4.23. The van der Waals surface area contributed by atoms with Crippen molar-refractivity contribution in [2.75, 3.05) is 5.32 Å². The third-order valence-electron chi connectivity index (χ3n) is 2.36. The molecule has 0 spiro atoms. The maximum Gasteiger partial charge on any atom is 0.122 e. The molecule has 2 aromatic rings. The Hall–Kier alpha value is -1.94. The van der Waals surface area contributed by atoms with E-state index in [0.29, 0.717) is 10.7 Å². The molecule has 1 aromatic carbocycles. The van der Waals surface area contributed by atoms with Gasteiger partial charge < -0.3 is 11.1 Å². The molecule has 0 radical (unpaired) electrons. The largest absolute Gasteiger partial charge is 0.388 e. The fourth-order valence-corrected chi connectivity index (χ4v) is 1.54. The van der Waals surface area contributed by atoms with Gasteiger partial charge in [-0.05, 0) is 31.2 Å². The minimum absolute atomic E-state index is 0.312. The van der Waals surface area contributed by atoms with Crippen LogP contribution in [0.3, 0.4) is 0 Å². The molecule has 17 heavy (non-hydrogen) atoms. The van der Waals surface area contributed by atoms with Crippen molar-refractivity contribution >= 4 is 28.6 Å². The maximum absolute atomic E-state index is 5.48.